The van der Waals surface area contributed by atoms with Gasteiger partial charge in [-0.15, -0.1) is 0 Å². The van der Waals surface area contributed by atoms with Crippen molar-refractivity contribution in [1.82, 2.24) is 9.97 Å². The quantitative estimate of drug-likeness (QED) is 0.295. The van der Waals surface area contributed by atoms with E-state index in [1.165, 1.54) is 0 Å². The third kappa shape index (κ3) is 5.58. The van der Waals surface area contributed by atoms with Crippen LogP contribution in [-0.2, 0) is 11.2 Å². The number of aromatic nitrogens is 2. The number of nitrogens with one attached hydrogen (secondary N) is 2. The predicted octanol–water partition coefficient (Wildman–Crippen LogP) is 4.10. The number of anilines is 3. The molecule has 1 amide bonds. The van der Waals surface area contributed by atoms with Gasteiger partial charge in [0.15, 0.2) is 17.3 Å². The van der Waals surface area contributed by atoms with E-state index >= 15 is 0 Å². The number of fused-ring (bicyclic) bond motifs is 3. The number of carbonyl (C=O) groups excluding carboxylic acids is 2. The number of rotatable bonds is 10. The molecule has 0 bridgehead atoms. The Kier molecular flexibility index (Phi) is 7.57. The van der Waals surface area contributed by atoms with Gasteiger partial charge in [-0.3, -0.25) is 9.59 Å². The number of hydrogen-bond acceptors (Lipinski definition) is 8. The molecule has 0 radical (unpaired) electrons. The lowest BCUT2D eigenvalue weighted by atomic mass is 9.99. The lowest BCUT2D eigenvalue weighted by molar-refractivity contribution is -0.115. The average Bonchev–Trinajstić information content (AvgIpc) is 3.01. The maximum atomic E-state index is 12.7. The second kappa shape index (κ2) is 11.0. The molecule has 4 rings (SSSR count). The Balaban J connectivity index is 1.62. The molecule has 0 atom stereocenters. The van der Waals surface area contributed by atoms with Gasteiger partial charge in [0, 0.05) is 41.1 Å². The molecule has 1 aliphatic rings. The van der Waals surface area contributed by atoms with Gasteiger partial charge in [0.05, 0.1) is 32.0 Å². The summed E-state index contributed by atoms with van der Waals surface area (Å²) in [5.74, 6) is 1.43. The smallest absolute Gasteiger partial charge is 0.228 e. The molecule has 0 aliphatic carbocycles. The molecule has 0 fully saturated rings. The van der Waals surface area contributed by atoms with Crippen molar-refractivity contribution in [3.8, 4) is 22.8 Å². The third-order valence-electron chi connectivity index (χ3n) is 5.83. The van der Waals surface area contributed by atoms with E-state index < -0.39 is 0 Å². The average molecular weight is 476 g/mol. The first-order chi connectivity index (χ1) is 17.0. The molecular formula is C26H29N5O4. The molecule has 3 aromatic rings. The van der Waals surface area contributed by atoms with E-state index in [1.807, 2.05) is 12.1 Å². The minimum absolute atomic E-state index is 0.0436. The van der Waals surface area contributed by atoms with Crippen LogP contribution >= 0.6 is 0 Å². The number of amides is 1. The maximum absolute atomic E-state index is 12.7. The van der Waals surface area contributed by atoms with Gasteiger partial charge in [-0.2, -0.15) is 0 Å². The molecule has 1 aromatic heterocycles. The van der Waals surface area contributed by atoms with E-state index in [4.69, 9.17) is 20.2 Å². The summed E-state index contributed by atoms with van der Waals surface area (Å²) >= 11 is 0. The molecule has 0 saturated carbocycles. The van der Waals surface area contributed by atoms with Gasteiger partial charge in [0.2, 0.25) is 11.9 Å². The normalized spacial score (nSPS) is 12.1. The number of ether oxygens (including phenoxy) is 2. The molecule has 0 spiro atoms. The summed E-state index contributed by atoms with van der Waals surface area (Å²) in [4.78, 5) is 34.3. The van der Waals surface area contributed by atoms with Gasteiger partial charge in [0.25, 0.3) is 0 Å². The summed E-state index contributed by atoms with van der Waals surface area (Å²) in [5, 5.41) is 6.09. The highest BCUT2D eigenvalue weighted by atomic mass is 16.5. The number of methoxy groups -OCH3 is 2. The van der Waals surface area contributed by atoms with Gasteiger partial charge < -0.3 is 25.8 Å². The van der Waals surface area contributed by atoms with Gasteiger partial charge in [-0.25, -0.2) is 9.97 Å². The summed E-state index contributed by atoms with van der Waals surface area (Å²) in [6.45, 7) is 0.628. The first-order valence-electron chi connectivity index (χ1n) is 11.5. The summed E-state index contributed by atoms with van der Waals surface area (Å²) in [5.41, 5.74) is 9.47. The Bertz CT molecular complexity index is 1240. The van der Waals surface area contributed by atoms with Crippen LogP contribution in [0.5, 0.6) is 11.5 Å². The second-order valence-electron chi connectivity index (χ2n) is 8.27. The zero-order chi connectivity index (χ0) is 24.8. The molecule has 0 saturated heterocycles. The van der Waals surface area contributed by atoms with Crippen LogP contribution in [0.2, 0.25) is 0 Å². The van der Waals surface area contributed by atoms with Crippen molar-refractivity contribution in [2.45, 2.75) is 32.1 Å². The molecule has 35 heavy (non-hydrogen) atoms. The van der Waals surface area contributed by atoms with Gasteiger partial charge in [-0.1, -0.05) is 12.5 Å². The van der Waals surface area contributed by atoms with Crippen LogP contribution in [0.4, 0.5) is 17.3 Å². The van der Waals surface area contributed by atoms with Crippen LogP contribution in [0.15, 0.2) is 42.6 Å². The Morgan fingerprint density at radius 1 is 1.09 bits per heavy atom. The fourth-order valence-corrected chi connectivity index (χ4v) is 4.02. The second-order valence-corrected chi connectivity index (χ2v) is 8.27. The number of nitrogens with two attached hydrogens (primary N) is 1. The lowest BCUT2D eigenvalue weighted by Gasteiger charge is -2.13. The first-order valence-corrected chi connectivity index (χ1v) is 11.5. The van der Waals surface area contributed by atoms with Crippen LogP contribution in [0.25, 0.3) is 11.3 Å². The number of carbonyl (C=O) groups is 2. The predicted molar refractivity (Wildman–Crippen MR) is 134 cm³/mol. The van der Waals surface area contributed by atoms with Crippen LogP contribution in [0, 0.1) is 0 Å². The minimum atomic E-state index is -0.179. The highest BCUT2D eigenvalue weighted by Crippen LogP contribution is 2.35. The highest BCUT2D eigenvalue weighted by Gasteiger charge is 2.22. The van der Waals surface area contributed by atoms with Crippen LogP contribution in [0.3, 0.4) is 0 Å². The van der Waals surface area contributed by atoms with Crippen LogP contribution in [0.1, 0.15) is 41.6 Å². The van der Waals surface area contributed by atoms with Crippen LogP contribution < -0.4 is 25.8 Å². The van der Waals surface area contributed by atoms with Crippen molar-refractivity contribution in [3.63, 3.8) is 0 Å². The van der Waals surface area contributed by atoms with E-state index in [9.17, 15) is 9.59 Å². The number of hydrogen-bond donors (Lipinski definition) is 3. The van der Waals surface area contributed by atoms with Crippen molar-refractivity contribution in [3.05, 3.63) is 53.7 Å². The summed E-state index contributed by atoms with van der Waals surface area (Å²) in [6.07, 6.45) is 4.86. The molecule has 9 heteroatoms. The Hall–Kier alpha value is -3.98. The maximum Gasteiger partial charge on any atom is 0.228 e. The Labute approximate surface area is 204 Å². The molecular weight excluding hydrogens is 446 g/mol. The van der Waals surface area contributed by atoms with E-state index in [-0.39, 0.29) is 18.1 Å². The lowest BCUT2D eigenvalue weighted by Crippen LogP contribution is -2.13. The molecule has 4 N–H and O–H groups in total. The highest BCUT2D eigenvalue weighted by molar-refractivity contribution is 6.03. The fraction of sp³-hybridized carbons (Fsp3) is 0.308. The van der Waals surface area contributed by atoms with Crippen LogP contribution in [-0.4, -0.2) is 42.4 Å². The van der Waals surface area contributed by atoms with Crippen molar-refractivity contribution in [2.24, 2.45) is 5.73 Å². The van der Waals surface area contributed by atoms with E-state index in [0.29, 0.717) is 52.9 Å². The first kappa shape index (κ1) is 24.2. The molecule has 1 aliphatic heterocycles. The number of Topliss-reactive ketones (excluding diaryl/α,β-unsaturated/α-hetero) is 1. The largest absolute Gasteiger partial charge is 0.493 e. The Morgan fingerprint density at radius 3 is 2.69 bits per heavy atom. The zero-order valence-electron chi connectivity index (χ0n) is 19.9. The minimum Gasteiger partial charge on any atom is -0.493 e. The Morgan fingerprint density at radius 2 is 1.91 bits per heavy atom. The number of nitrogens with zero attached hydrogens (tertiary/aromatic N) is 2. The third-order valence-corrected chi connectivity index (χ3v) is 5.83. The van der Waals surface area contributed by atoms with Crippen molar-refractivity contribution < 1.29 is 19.1 Å². The van der Waals surface area contributed by atoms with E-state index in [1.54, 1.807) is 44.7 Å². The molecule has 182 valence electrons. The van der Waals surface area contributed by atoms with Crippen molar-refractivity contribution in [1.29, 1.82) is 0 Å². The fourth-order valence-electron chi connectivity index (χ4n) is 4.02. The van der Waals surface area contributed by atoms with Gasteiger partial charge >= 0.3 is 0 Å². The molecule has 2 heterocycles. The van der Waals surface area contributed by atoms with Gasteiger partial charge in [0.1, 0.15) is 0 Å². The van der Waals surface area contributed by atoms with E-state index in [2.05, 4.69) is 15.6 Å². The molecule has 9 nitrogen and oxygen atoms in total. The standard InChI is InChI=1S/C26H29N5O4/c1-34-22-10-8-18(14-23(22)35-2)29-26-28-15-17-13-24(33)30-20-12-16(7-9-19(20)25(17)31-26)21(32)6-4-3-5-11-27/h7-10,12,14-15H,3-6,11,13,27H2,1-2H3,(H,30,33)(H,28,29,31). The van der Waals surface area contributed by atoms with Crippen molar-refractivity contribution in [2.75, 3.05) is 31.4 Å². The summed E-state index contributed by atoms with van der Waals surface area (Å²) in [6, 6.07) is 10.8. The summed E-state index contributed by atoms with van der Waals surface area (Å²) in [7, 11) is 3.15. The summed E-state index contributed by atoms with van der Waals surface area (Å²) < 4.78 is 10.6. The van der Waals surface area contributed by atoms with Gasteiger partial charge in [-0.05, 0) is 43.7 Å². The number of benzene rings is 2. The SMILES string of the molecule is COc1ccc(Nc2ncc3c(n2)-c2ccc(C(=O)CCCCCN)cc2NC(=O)C3)cc1OC. The number of ketones is 1. The zero-order valence-corrected chi connectivity index (χ0v) is 19.9. The monoisotopic (exact) mass is 475 g/mol. The molecule has 2 aromatic carbocycles. The van der Waals surface area contributed by atoms with E-state index in [0.717, 1.165) is 30.5 Å². The van der Waals surface area contributed by atoms with Crippen molar-refractivity contribution >= 4 is 29.0 Å². The topological polar surface area (TPSA) is 128 Å². The number of unbranched alkanes of at least 4 members (excludes halogenated alkanes) is 2. The molecule has 0 unspecified atom stereocenters.